The zero-order valence-corrected chi connectivity index (χ0v) is 11.8. The average molecular weight is 302 g/mol. The first-order valence-corrected chi connectivity index (χ1v) is 6.71. The topological polar surface area (TPSA) is 84.0 Å². The molecule has 0 aromatic carbocycles. The second-order valence-electron chi connectivity index (χ2n) is 4.46. The number of nitrogens with zero attached hydrogens (tertiary/aromatic N) is 2. The van der Waals surface area contributed by atoms with Gasteiger partial charge in [-0.3, -0.25) is 19.6 Å². The van der Waals surface area contributed by atoms with Gasteiger partial charge in [0, 0.05) is 25.4 Å². The maximum absolute atomic E-state index is 13.3. The highest BCUT2D eigenvalue weighted by atomic mass is 19.1. The number of carbonyl (C=O) groups excluding carboxylic acids is 2. The fourth-order valence-electron chi connectivity index (χ4n) is 1.72. The van der Waals surface area contributed by atoms with Gasteiger partial charge in [-0.05, 0) is 18.2 Å². The van der Waals surface area contributed by atoms with Crippen LogP contribution in [0.3, 0.4) is 0 Å². The van der Waals surface area contributed by atoms with Gasteiger partial charge in [0.1, 0.15) is 0 Å². The Morgan fingerprint density at radius 1 is 1.14 bits per heavy atom. The predicted octanol–water partition coefficient (Wildman–Crippen LogP) is 1.05. The van der Waals surface area contributed by atoms with Gasteiger partial charge in [-0.1, -0.05) is 6.07 Å². The molecule has 114 valence electrons. The Morgan fingerprint density at radius 2 is 2.00 bits per heavy atom. The van der Waals surface area contributed by atoms with Crippen LogP contribution in [0.25, 0.3) is 0 Å². The van der Waals surface area contributed by atoms with Crippen molar-refractivity contribution in [2.45, 2.75) is 13.0 Å². The summed E-state index contributed by atoms with van der Waals surface area (Å²) in [6.07, 6.45) is 4.04. The van der Waals surface area contributed by atoms with Crippen LogP contribution in [0, 0.1) is 5.82 Å². The van der Waals surface area contributed by atoms with Crippen LogP contribution < -0.4 is 10.6 Å². The lowest BCUT2D eigenvalue weighted by Crippen LogP contribution is -2.31. The summed E-state index contributed by atoms with van der Waals surface area (Å²) in [4.78, 5) is 31.0. The third kappa shape index (κ3) is 4.62. The molecule has 2 rings (SSSR count). The van der Waals surface area contributed by atoms with E-state index >= 15 is 0 Å². The molecular formula is C15H15FN4O2. The van der Waals surface area contributed by atoms with Gasteiger partial charge in [0.15, 0.2) is 5.82 Å². The largest absolute Gasteiger partial charge is 0.351 e. The van der Waals surface area contributed by atoms with Crippen molar-refractivity contribution in [3.8, 4) is 0 Å². The van der Waals surface area contributed by atoms with Crippen molar-refractivity contribution < 1.29 is 14.0 Å². The number of nitrogens with one attached hydrogen (secondary N) is 2. The fourth-order valence-corrected chi connectivity index (χ4v) is 1.72. The molecule has 6 nitrogen and oxygen atoms in total. The number of hydrogen-bond donors (Lipinski definition) is 2. The Labute approximate surface area is 126 Å². The van der Waals surface area contributed by atoms with Crippen LogP contribution in [0.5, 0.6) is 0 Å². The average Bonchev–Trinajstić information content (AvgIpc) is 2.54. The first-order chi connectivity index (χ1) is 10.7. The number of aromatic nitrogens is 2. The predicted molar refractivity (Wildman–Crippen MR) is 77.2 cm³/mol. The van der Waals surface area contributed by atoms with E-state index in [0.29, 0.717) is 6.54 Å². The van der Waals surface area contributed by atoms with Crippen LogP contribution >= 0.6 is 0 Å². The second kappa shape index (κ2) is 7.82. The van der Waals surface area contributed by atoms with Gasteiger partial charge in [-0.25, -0.2) is 4.39 Å². The molecule has 0 spiro atoms. The lowest BCUT2D eigenvalue weighted by atomic mass is 10.2. The van der Waals surface area contributed by atoms with E-state index < -0.39 is 11.7 Å². The first-order valence-electron chi connectivity index (χ1n) is 6.71. The van der Waals surface area contributed by atoms with Crippen molar-refractivity contribution in [2.24, 2.45) is 0 Å². The van der Waals surface area contributed by atoms with E-state index in [-0.39, 0.29) is 24.4 Å². The quantitative estimate of drug-likeness (QED) is 0.835. The van der Waals surface area contributed by atoms with Crippen molar-refractivity contribution in [1.29, 1.82) is 0 Å². The number of rotatable bonds is 6. The van der Waals surface area contributed by atoms with Gasteiger partial charge in [-0.2, -0.15) is 0 Å². The summed E-state index contributed by atoms with van der Waals surface area (Å²) in [5, 5.41) is 5.17. The smallest absolute Gasteiger partial charge is 0.254 e. The minimum absolute atomic E-state index is 0.0936. The third-order valence-electron chi connectivity index (χ3n) is 2.85. The Bertz CT molecular complexity index is 649. The molecule has 2 N–H and O–H groups in total. The fraction of sp³-hybridized carbons (Fsp3) is 0.200. The van der Waals surface area contributed by atoms with Crippen molar-refractivity contribution in [3.63, 3.8) is 0 Å². The van der Waals surface area contributed by atoms with Crippen LogP contribution in [-0.2, 0) is 11.3 Å². The second-order valence-corrected chi connectivity index (χ2v) is 4.46. The number of carbonyl (C=O) groups is 2. The minimum atomic E-state index is -0.695. The Morgan fingerprint density at radius 3 is 2.73 bits per heavy atom. The summed E-state index contributed by atoms with van der Waals surface area (Å²) in [6.45, 7) is 0.446. The zero-order valence-electron chi connectivity index (χ0n) is 11.8. The molecule has 0 aliphatic heterocycles. The highest BCUT2D eigenvalue weighted by Gasteiger charge is 2.11. The standard InChI is InChI=1S/C15H15FN4O2/c16-13-10-17-7-4-12(13)15(22)19-8-5-14(21)20-9-11-3-1-2-6-18-11/h1-4,6-7,10H,5,8-9H2,(H,19,22)(H,20,21). The normalized spacial score (nSPS) is 10.0. The van der Waals surface area contributed by atoms with E-state index in [1.807, 2.05) is 6.07 Å². The van der Waals surface area contributed by atoms with E-state index in [1.165, 1.54) is 12.3 Å². The molecule has 2 aromatic rings. The lowest BCUT2D eigenvalue weighted by Gasteiger charge is -2.07. The SMILES string of the molecule is O=C(CCNC(=O)c1ccncc1F)NCc1ccccn1. The summed E-state index contributed by atoms with van der Waals surface area (Å²) < 4.78 is 13.3. The maximum atomic E-state index is 13.3. The number of hydrogen-bond acceptors (Lipinski definition) is 4. The molecule has 22 heavy (non-hydrogen) atoms. The van der Waals surface area contributed by atoms with Crippen LogP contribution in [0.2, 0.25) is 0 Å². The highest BCUT2D eigenvalue weighted by molar-refractivity contribution is 5.94. The molecule has 2 amide bonds. The van der Waals surface area contributed by atoms with Gasteiger partial charge in [0.2, 0.25) is 5.91 Å². The molecule has 2 heterocycles. The number of pyridine rings is 2. The van der Waals surface area contributed by atoms with Crippen molar-refractivity contribution >= 4 is 11.8 Å². The van der Waals surface area contributed by atoms with Crippen LogP contribution in [-0.4, -0.2) is 28.3 Å². The molecule has 0 radical (unpaired) electrons. The zero-order chi connectivity index (χ0) is 15.8. The maximum Gasteiger partial charge on any atom is 0.254 e. The van der Waals surface area contributed by atoms with E-state index in [2.05, 4.69) is 20.6 Å². The molecule has 0 saturated carbocycles. The van der Waals surface area contributed by atoms with Gasteiger partial charge in [0.05, 0.1) is 24.0 Å². The number of halogens is 1. The Hall–Kier alpha value is -2.83. The molecule has 0 saturated heterocycles. The van der Waals surface area contributed by atoms with Crippen LogP contribution in [0.15, 0.2) is 42.9 Å². The van der Waals surface area contributed by atoms with Crippen molar-refractivity contribution in [1.82, 2.24) is 20.6 Å². The van der Waals surface area contributed by atoms with Crippen molar-refractivity contribution in [3.05, 3.63) is 59.9 Å². The summed E-state index contributed by atoms with van der Waals surface area (Å²) in [5.41, 5.74) is 0.655. The summed E-state index contributed by atoms with van der Waals surface area (Å²) >= 11 is 0. The Balaban J connectivity index is 1.71. The minimum Gasteiger partial charge on any atom is -0.351 e. The molecule has 0 unspecified atom stereocenters. The molecule has 2 aromatic heterocycles. The van der Waals surface area contributed by atoms with Gasteiger partial charge >= 0.3 is 0 Å². The molecule has 7 heteroatoms. The molecule has 0 aliphatic rings. The van der Waals surface area contributed by atoms with E-state index in [1.54, 1.807) is 18.3 Å². The molecule has 0 aliphatic carbocycles. The number of amides is 2. The van der Waals surface area contributed by atoms with Crippen LogP contribution in [0.1, 0.15) is 22.5 Å². The van der Waals surface area contributed by atoms with Gasteiger partial charge < -0.3 is 10.6 Å². The summed E-state index contributed by atoms with van der Waals surface area (Å²) in [5.74, 6) is -1.49. The third-order valence-corrected chi connectivity index (χ3v) is 2.85. The molecule has 0 fully saturated rings. The molecular weight excluding hydrogens is 287 g/mol. The molecule has 0 bridgehead atoms. The lowest BCUT2D eigenvalue weighted by molar-refractivity contribution is -0.121. The van der Waals surface area contributed by atoms with E-state index in [4.69, 9.17) is 0 Å². The Kier molecular flexibility index (Phi) is 5.53. The monoisotopic (exact) mass is 302 g/mol. The van der Waals surface area contributed by atoms with Crippen LogP contribution in [0.4, 0.5) is 4.39 Å². The van der Waals surface area contributed by atoms with Crippen molar-refractivity contribution in [2.75, 3.05) is 6.54 Å². The van der Waals surface area contributed by atoms with Gasteiger partial charge in [0.25, 0.3) is 5.91 Å². The first kappa shape index (κ1) is 15.6. The molecule has 0 atom stereocenters. The van der Waals surface area contributed by atoms with E-state index in [0.717, 1.165) is 11.9 Å². The summed E-state index contributed by atoms with van der Waals surface area (Å²) in [6, 6.07) is 6.71. The van der Waals surface area contributed by atoms with Gasteiger partial charge in [-0.15, -0.1) is 0 Å². The summed E-state index contributed by atoms with van der Waals surface area (Å²) in [7, 11) is 0. The van der Waals surface area contributed by atoms with E-state index in [9.17, 15) is 14.0 Å². The highest BCUT2D eigenvalue weighted by Crippen LogP contribution is 2.03.